The van der Waals surface area contributed by atoms with Gasteiger partial charge in [0.25, 0.3) is 5.91 Å². The first-order chi connectivity index (χ1) is 10.2. The molecular formula is C18H28N2O. The molecule has 0 aliphatic heterocycles. The van der Waals surface area contributed by atoms with E-state index in [2.05, 4.69) is 24.1 Å². The Morgan fingerprint density at radius 1 is 1.10 bits per heavy atom. The lowest BCUT2D eigenvalue weighted by atomic mass is 9.89. The lowest BCUT2D eigenvalue weighted by Crippen LogP contribution is -2.30. The van der Waals surface area contributed by atoms with Crippen LogP contribution >= 0.6 is 0 Å². The highest BCUT2D eigenvalue weighted by Crippen LogP contribution is 2.23. The average molecular weight is 288 g/mol. The molecule has 1 N–H and O–H groups in total. The van der Waals surface area contributed by atoms with Gasteiger partial charge in [0, 0.05) is 30.9 Å². The van der Waals surface area contributed by atoms with E-state index in [1.807, 2.05) is 24.3 Å². The zero-order chi connectivity index (χ0) is 15.1. The molecule has 3 heteroatoms. The summed E-state index contributed by atoms with van der Waals surface area (Å²) in [6, 6.07) is 7.96. The number of benzene rings is 1. The highest BCUT2D eigenvalue weighted by atomic mass is 16.1. The third kappa shape index (κ3) is 4.48. The van der Waals surface area contributed by atoms with Crippen LogP contribution in [0.5, 0.6) is 0 Å². The van der Waals surface area contributed by atoms with Gasteiger partial charge in [-0.15, -0.1) is 0 Å². The largest absolute Gasteiger partial charge is 0.372 e. The summed E-state index contributed by atoms with van der Waals surface area (Å²) in [6.45, 7) is 7.10. The van der Waals surface area contributed by atoms with Crippen molar-refractivity contribution in [2.75, 3.05) is 24.5 Å². The predicted molar refractivity (Wildman–Crippen MR) is 88.9 cm³/mol. The summed E-state index contributed by atoms with van der Waals surface area (Å²) in [4.78, 5) is 14.5. The second-order valence-corrected chi connectivity index (χ2v) is 5.93. The quantitative estimate of drug-likeness (QED) is 0.862. The summed E-state index contributed by atoms with van der Waals surface area (Å²) in [6.07, 6.45) is 6.53. The van der Waals surface area contributed by atoms with E-state index in [0.29, 0.717) is 5.92 Å². The molecule has 116 valence electrons. The second-order valence-electron chi connectivity index (χ2n) is 5.93. The van der Waals surface area contributed by atoms with Gasteiger partial charge in [0.2, 0.25) is 0 Å². The van der Waals surface area contributed by atoms with Crippen LogP contribution in [-0.4, -0.2) is 25.5 Å². The van der Waals surface area contributed by atoms with Crippen LogP contribution in [0.15, 0.2) is 24.3 Å². The van der Waals surface area contributed by atoms with E-state index in [1.54, 1.807) is 0 Å². The highest BCUT2D eigenvalue weighted by Gasteiger charge is 2.15. The van der Waals surface area contributed by atoms with Crippen LogP contribution in [0, 0.1) is 5.92 Å². The van der Waals surface area contributed by atoms with Gasteiger partial charge < -0.3 is 10.2 Å². The molecule has 0 radical (unpaired) electrons. The van der Waals surface area contributed by atoms with E-state index >= 15 is 0 Å². The Morgan fingerprint density at radius 3 is 2.29 bits per heavy atom. The number of rotatable bonds is 6. The van der Waals surface area contributed by atoms with Gasteiger partial charge >= 0.3 is 0 Å². The van der Waals surface area contributed by atoms with Crippen LogP contribution in [-0.2, 0) is 0 Å². The molecule has 0 unspecified atom stereocenters. The van der Waals surface area contributed by atoms with E-state index in [0.717, 1.165) is 25.2 Å². The van der Waals surface area contributed by atoms with Gasteiger partial charge in [0.1, 0.15) is 0 Å². The summed E-state index contributed by atoms with van der Waals surface area (Å²) in [5.41, 5.74) is 1.95. The van der Waals surface area contributed by atoms with Crippen molar-refractivity contribution in [2.45, 2.75) is 46.0 Å². The Bertz CT molecular complexity index is 431. The first-order valence-electron chi connectivity index (χ1n) is 8.37. The SMILES string of the molecule is CCN(CC)c1ccc(C(=O)NCC2CCCCC2)cc1. The number of anilines is 1. The van der Waals surface area contributed by atoms with Crippen LogP contribution in [0.3, 0.4) is 0 Å². The van der Waals surface area contributed by atoms with Crippen molar-refractivity contribution in [2.24, 2.45) is 5.92 Å². The van der Waals surface area contributed by atoms with Gasteiger partial charge in [-0.1, -0.05) is 19.3 Å². The number of carbonyl (C=O) groups excluding carboxylic acids is 1. The van der Waals surface area contributed by atoms with Crippen molar-refractivity contribution in [3.63, 3.8) is 0 Å². The van der Waals surface area contributed by atoms with E-state index in [4.69, 9.17) is 0 Å². The highest BCUT2D eigenvalue weighted by molar-refractivity contribution is 5.94. The molecule has 0 spiro atoms. The first kappa shape index (κ1) is 15.9. The van der Waals surface area contributed by atoms with Crippen molar-refractivity contribution >= 4 is 11.6 Å². The van der Waals surface area contributed by atoms with Crippen molar-refractivity contribution in [1.82, 2.24) is 5.32 Å². The third-order valence-electron chi connectivity index (χ3n) is 4.53. The topological polar surface area (TPSA) is 32.3 Å². The van der Waals surface area contributed by atoms with E-state index in [-0.39, 0.29) is 5.91 Å². The lowest BCUT2D eigenvalue weighted by Gasteiger charge is -2.22. The smallest absolute Gasteiger partial charge is 0.251 e. The number of nitrogens with one attached hydrogen (secondary N) is 1. The molecule has 1 aliphatic carbocycles. The molecular weight excluding hydrogens is 260 g/mol. The van der Waals surface area contributed by atoms with Gasteiger partial charge in [-0.05, 0) is 56.9 Å². The van der Waals surface area contributed by atoms with Gasteiger partial charge in [-0.2, -0.15) is 0 Å². The summed E-state index contributed by atoms with van der Waals surface area (Å²) < 4.78 is 0. The van der Waals surface area contributed by atoms with E-state index in [9.17, 15) is 4.79 Å². The Morgan fingerprint density at radius 2 is 1.71 bits per heavy atom. The molecule has 0 atom stereocenters. The number of nitrogens with zero attached hydrogens (tertiary/aromatic N) is 1. The third-order valence-corrected chi connectivity index (χ3v) is 4.53. The fourth-order valence-electron chi connectivity index (χ4n) is 3.14. The predicted octanol–water partition coefficient (Wildman–Crippen LogP) is 3.84. The maximum absolute atomic E-state index is 12.2. The van der Waals surface area contributed by atoms with Crippen LogP contribution in [0.25, 0.3) is 0 Å². The standard InChI is InChI=1S/C18H28N2O/c1-3-20(4-2)17-12-10-16(11-13-17)18(21)19-14-15-8-6-5-7-9-15/h10-13,15H,3-9,14H2,1-2H3,(H,19,21). The molecule has 0 bridgehead atoms. The first-order valence-corrected chi connectivity index (χ1v) is 8.37. The number of amides is 1. The molecule has 0 saturated heterocycles. The maximum Gasteiger partial charge on any atom is 0.251 e. The molecule has 1 aromatic rings. The van der Waals surface area contributed by atoms with Crippen LogP contribution in [0.1, 0.15) is 56.3 Å². The van der Waals surface area contributed by atoms with Gasteiger partial charge in [-0.3, -0.25) is 4.79 Å². The molecule has 2 rings (SSSR count). The number of hydrogen-bond acceptors (Lipinski definition) is 2. The van der Waals surface area contributed by atoms with Crippen molar-refractivity contribution in [3.8, 4) is 0 Å². The second kappa shape index (κ2) is 8.06. The Kier molecular flexibility index (Phi) is 6.09. The minimum absolute atomic E-state index is 0.0617. The summed E-state index contributed by atoms with van der Waals surface area (Å²) >= 11 is 0. The number of carbonyl (C=O) groups is 1. The molecule has 1 aromatic carbocycles. The Balaban J connectivity index is 1.87. The normalized spacial score (nSPS) is 15.7. The molecule has 21 heavy (non-hydrogen) atoms. The zero-order valence-corrected chi connectivity index (χ0v) is 13.4. The van der Waals surface area contributed by atoms with Crippen molar-refractivity contribution < 1.29 is 4.79 Å². The lowest BCUT2D eigenvalue weighted by molar-refractivity contribution is 0.0943. The Hall–Kier alpha value is -1.51. The molecule has 3 nitrogen and oxygen atoms in total. The summed E-state index contributed by atoms with van der Waals surface area (Å²) in [5, 5.41) is 3.09. The zero-order valence-electron chi connectivity index (χ0n) is 13.4. The average Bonchev–Trinajstić information content (AvgIpc) is 2.55. The van der Waals surface area contributed by atoms with Crippen LogP contribution in [0.2, 0.25) is 0 Å². The van der Waals surface area contributed by atoms with Gasteiger partial charge in [0.15, 0.2) is 0 Å². The minimum atomic E-state index is 0.0617. The Labute approximate surface area is 128 Å². The molecule has 0 aromatic heterocycles. The molecule has 1 fully saturated rings. The summed E-state index contributed by atoms with van der Waals surface area (Å²) in [7, 11) is 0. The molecule has 1 saturated carbocycles. The monoisotopic (exact) mass is 288 g/mol. The van der Waals surface area contributed by atoms with Gasteiger partial charge in [-0.25, -0.2) is 0 Å². The van der Waals surface area contributed by atoms with Crippen LogP contribution in [0.4, 0.5) is 5.69 Å². The molecule has 0 heterocycles. The maximum atomic E-state index is 12.2. The fourth-order valence-corrected chi connectivity index (χ4v) is 3.14. The van der Waals surface area contributed by atoms with Crippen LogP contribution < -0.4 is 10.2 Å². The summed E-state index contributed by atoms with van der Waals surface area (Å²) in [5.74, 6) is 0.740. The molecule has 1 aliphatic rings. The minimum Gasteiger partial charge on any atom is -0.372 e. The van der Waals surface area contributed by atoms with E-state index in [1.165, 1.54) is 37.8 Å². The number of hydrogen-bond donors (Lipinski definition) is 1. The molecule has 1 amide bonds. The fraction of sp³-hybridized carbons (Fsp3) is 0.611. The van der Waals surface area contributed by atoms with Crippen molar-refractivity contribution in [3.05, 3.63) is 29.8 Å². The van der Waals surface area contributed by atoms with E-state index < -0.39 is 0 Å². The van der Waals surface area contributed by atoms with Crippen molar-refractivity contribution in [1.29, 1.82) is 0 Å². The van der Waals surface area contributed by atoms with Gasteiger partial charge in [0.05, 0.1) is 0 Å².